The Balaban J connectivity index is 2.15. The van der Waals surface area contributed by atoms with Crippen LogP contribution < -0.4 is 4.90 Å². The zero-order valence-electron chi connectivity index (χ0n) is 10.1. The SMILES string of the molecule is CN1C(=O)CN(c2ccc(CC#N)cc2)CC1=O. The fraction of sp³-hybridized carbons (Fsp3) is 0.308. The molecule has 0 atom stereocenters. The van der Waals surface area contributed by atoms with Gasteiger partial charge in [-0.05, 0) is 17.7 Å². The van der Waals surface area contributed by atoms with E-state index in [-0.39, 0.29) is 24.9 Å². The van der Waals surface area contributed by atoms with Crippen LogP contribution in [0.4, 0.5) is 5.69 Å². The van der Waals surface area contributed by atoms with Gasteiger partial charge in [-0.25, -0.2) is 0 Å². The zero-order valence-corrected chi connectivity index (χ0v) is 10.1. The molecule has 92 valence electrons. The molecule has 1 aliphatic heterocycles. The normalized spacial score (nSPS) is 15.8. The van der Waals surface area contributed by atoms with Crippen molar-refractivity contribution in [1.29, 1.82) is 5.26 Å². The average Bonchev–Trinajstić information content (AvgIpc) is 2.37. The van der Waals surface area contributed by atoms with Crippen LogP contribution in [0.3, 0.4) is 0 Å². The van der Waals surface area contributed by atoms with Gasteiger partial charge < -0.3 is 4.90 Å². The van der Waals surface area contributed by atoms with Gasteiger partial charge >= 0.3 is 0 Å². The lowest BCUT2D eigenvalue weighted by molar-refractivity contribution is -0.143. The first kappa shape index (κ1) is 12.1. The molecule has 0 aromatic heterocycles. The van der Waals surface area contributed by atoms with E-state index in [0.717, 1.165) is 16.2 Å². The Bertz CT molecular complexity index is 498. The zero-order chi connectivity index (χ0) is 13.1. The molecule has 2 rings (SSSR count). The number of carbonyl (C=O) groups excluding carboxylic acids is 2. The summed E-state index contributed by atoms with van der Waals surface area (Å²) >= 11 is 0. The Morgan fingerprint density at radius 3 is 2.22 bits per heavy atom. The number of piperazine rings is 1. The van der Waals surface area contributed by atoms with Crippen molar-refractivity contribution >= 4 is 17.5 Å². The molecule has 5 nitrogen and oxygen atoms in total. The predicted molar refractivity (Wildman–Crippen MR) is 65.7 cm³/mol. The molecule has 0 N–H and O–H groups in total. The number of nitriles is 1. The van der Waals surface area contributed by atoms with E-state index in [1.165, 1.54) is 7.05 Å². The molecule has 1 aliphatic rings. The van der Waals surface area contributed by atoms with E-state index < -0.39 is 0 Å². The molecule has 0 bridgehead atoms. The Labute approximate surface area is 105 Å². The molecule has 0 spiro atoms. The Kier molecular flexibility index (Phi) is 3.28. The largest absolute Gasteiger partial charge is 0.353 e. The third-order valence-corrected chi connectivity index (χ3v) is 2.99. The van der Waals surface area contributed by atoms with Crippen LogP contribution >= 0.6 is 0 Å². The topological polar surface area (TPSA) is 64.4 Å². The minimum Gasteiger partial charge on any atom is -0.353 e. The molecule has 2 amide bonds. The highest BCUT2D eigenvalue weighted by Crippen LogP contribution is 2.18. The summed E-state index contributed by atoms with van der Waals surface area (Å²) in [7, 11) is 1.50. The summed E-state index contributed by atoms with van der Waals surface area (Å²) in [5, 5.41) is 8.58. The van der Waals surface area contributed by atoms with Crippen molar-refractivity contribution in [2.24, 2.45) is 0 Å². The Morgan fingerprint density at radius 1 is 1.17 bits per heavy atom. The smallest absolute Gasteiger partial charge is 0.248 e. The van der Waals surface area contributed by atoms with Crippen LogP contribution in [0, 0.1) is 11.3 Å². The molecule has 1 aromatic rings. The van der Waals surface area contributed by atoms with E-state index in [0.29, 0.717) is 6.42 Å². The van der Waals surface area contributed by atoms with Crippen molar-refractivity contribution in [3.63, 3.8) is 0 Å². The van der Waals surface area contributed by atoms with Gasteiger partial charge in [0.05, 0.1) is 25.6 Å². The van der Waals surface area contributed by atoms with Crippen molar-refractivity contribution in [1.82, 2.24) is 4.90 Å². The van der Waals surface area contributed by atoms with E-state index in [1.807, 2.05) is 24.3 Å². The van der Waals surface area contributed by atoms with Gasteiger partial charge in [-0.3, -0.25) is 14.5 Å². The number of hydrogen-bond acceptors (Lipinski definition) is 4. The molecular formula is C13H13N3O2. The van der Waals surface area contributed by atoms with Crippen LogP contribution in [0.5, 0.6) is 0 Å². The van der Waals surface area contributed by atoms with Crippen LogP contribution in [-0.4, -0.2) is 36.9 Å². The predicted octanol–water partition coefficient (Wildman–Crippen LogP) is 0.558. The lowest BCUT2D eigenvalue weighted by Crippen LogP contribution is -2.52. The molecule has 1 heterocycles. The summed E-state index contributed by atoms with van der Waals surface area (Å²) < 4.78 is 0. The number of imide groups is 1. The summed E-state index contributed by atoms with van der Waals surface area (Å²) in [5.74, 6) is -0.403. The van der Waals surface area contributed by atoms with Crippen molar-refractivity contribution in [2.75, 3.05) is 25.0 Å². The van der Waals surface area contributed by atoms with Crippen LogP contribution in [0.1, 0.15) is 5.56 Å². The van der Waals surface area contributed by atoms with Gasteiger partial charge in [0.15, 0.2) is 0 Å². The second-order valence-corrected chi connectivity index (χ2v) is 4.20. The fourth-order valence-electron chi connectivity index (χ4n) is 1.83. The van der Waals surface area contributed by atoms with Gasteiger partial charge in [0.2, 0.25) is 11.8 Å². The summed E-state index contributed by atoms with van der Waals surface area (Å²) in [6.45, 7) is 0.416. The van der Waals surface area contributed by atoms with Gasteiger partial charge in [0, 0.05) is 12.7 Å². The van der Waals surface area contributed by atoms with Gasteiger partial charge in [-0.2, -0.15) is 5.26 Å². The maximum Gasteiger partial charge on any atom is 0.248 e. The van der Waals surface area contributed by atoms with E-state index in [2.05, 4.69) is 6.07 Å². The highest BCUT2D eigenvalue weighted by atomic mass is 16.2. The maximum absolute atomic E-state index is 11.6. The first-order valence-electron chi connectivity index (χ1n) is 5.62. The first-order valence-corrected chi connectivity index (χ1v) is 5.62. The van der Waals surface area contributed by atoms with Crippen LogP contribution in [-0.2, 0) is 16.0 Å². The van der Waals surface area contributed by atoms with Crippen LogP contribution in [0.15, 0.2) is 24.3 Å². The third-order valence-electron chi connectivity index (χ3n) is 2.99. The minimum atomic E-state index is -0.202. The number of amides is 2. The number of anilines is 1. The number of hydrogen-bond donors (Lipinski definition) is 0. The van der Waals surface area contributed by atoms with Crippen molar-refractivity contribution in [3.8, 4) is 6.07 Å². The third kappa shape index (κ3) is 2.33. The molecule has 1 saturated heterocycles. The average molecular weight is 243 g/mol. The van der Waals surface area contributed by atoms with Gasteiger partial charge in [0.25, 0.3) is 0 Å². The molecule has 1 fully saturated rings. The number of benzene rings is 1. The second kappa shape index (κ2) is 4.88. The lowest BCUT2D eigenvalue weighted by Gasteiger charge is -2.31. The van der Waals surface area contributed by atoms with Crippen molar-refractivity contribution in [2.45, 2.75) is 6.42 Å². The summed E-state index contributed by atoms with van der Waals surface area (Å²) in [6.07, 6.45) is 0.362. The second-order valence-electron chi connectivity index (χ2n) is 4.20. The highest BCUT2D eigenvalue weighted by molar-refractivity contribution is 6.02. The Hall–Kier alpha value is -2.35. The number of likely N-dealkylation sites (N-methyl/N-ethyl adjacent to an activating group) is 1. The minimum absolute atomic E-state index is 0.202. The molecule has 0 aliphatic carbocycles. The molecule has 5 heteroatoms. The molecule has 0 radical (unpaired) electrons. The fourth-order valence-corrected chi connectivity index (χ4v) is 1.83. The maximum atomic E-state index is 11.6. The van der Waals surface area contributed by atoms with Crippen molar-refractivity contribution in [3.05, 3.63) is 29.8 Å². The van der Waals surface area contributed by atoms with Gasteiger partial charge in [-0.15, -0.1) is 0 Å². The number of carbonyl (C=O) groups is 2. The quantitative estimate of drug-likeness (QED) is 0.712. The highest BCUT2D eigenvalue weighted by Gasteiger charge is 2.27. The number of nitrogens with zero attached hydrogens (tertiary/aromatic N) is 3. The van der Waals surface area contributed by atoms with E-state index >= 15 is 0 Å². The Morgan fingerprint density at radius 2 is 1.72 bits per heavy atom. The summed E-state index contributed by atoms with van der Waals surface area (Å²) in [6, 6.07) is 9.42. The van der Waals surface area contributed by atoms with E-state index in [4.69, 9.17) is 5.26 Å². The van der Waals surface area contributed by atoms with E-state index in [1.54, 1.807) is 4.90 Å². The first-order chi connectivity index (χ1) is 8.61. The van der Waals surface area contributed by atoms with Gasteiger partial charge in [0.1, 0.15) is 0 Å². The molecule has 0 unspecified atom stereocenters. The lowest BCUT2D eigenvalue weighted by atomic mass is 10.1. The molecule has 1 aromatic carbocycles. The van der Waals surface area contributed by atoms with Crippen molar-refractivity contribution < 1.29 is 9.59 Å². The monoisotopic (exact) mass is 243 g/mol. The molecular weight excluding hydrogens is 230 g/mol. The standard InChI is InChI=1S/C13H13N3O2/c1-15-12(17)8-16(9-13(15)18)11-4-2-10(3-5-11)6-7-14/h2-5H,6,8-9H2,1H3. The van der Waals surface area contributed by atoms with Crippen LogP contribution in [0.25, 0.3) is 0 Å². The summed E-state index contributed by atoms with van der Waals surface area (Å²) in [5.41, 5.74) is 1.75. The van der Waals surface area contributed by atoms with Crippen LogP contribution in [0.2, 0.25) is 0 Å². The molecule has 18 heavy (non-hydrogen) atoms. The summed E-state index contributed by atoms with van der Waals surface area (Å²) in [4.78, 5) is 26.0. The van der Waals surface area contributed by atoms with Gasteiger partial charge in [-0.1, -0.05) is 12.1 Å². The molecule has 0 saturated carbocycles. The van der Waals surface area contributed by atoms with E-state index in [9.17, 15) is 9.59 Å². The number of rotatable bonds is 2.